The summed E-state index contributed by atoms with van der Waals surface area (Å²) < 4.78 is 0. The Morgan fingerprint density at radius 1 is 0.944 bits per heavy atom. The minimum absolute atomic E-state index is 0.828. The third-order valence-electron chi connectivity index (χ3n) is 3.31. The van der Waals surface area contributed by atoms with Crippen LogP contribution in [0.5, 0.6) is 0 Å². The van der Waals surface area contributed by atoms with E-state index in [4.69, 9.17) is 11.6 Å². The van der Waals surface area contributed by atoms with E-state index in [0.717, 1.165) is 5.02 Å². The Morgan fingerprint density at radius 2 is 1.56 bits per heavy atom. The SMILES string of the molecule is CCCCCN(C)CCCCc1ccc(Cl)cc1. The van der Waals surface area contributed by atoms with Crippen LogP contribution in [0.3, 0.4) is 0 Å². The van der Waals surface area contributed by atoms with E-state index in [0.29, 0.717) is 0 Å². The van der Waals surface area contributed by atoms with Crippen LogP contribution in [-0.2, 0) is 6.42 Å². The largest absolute Gasteiger partial charge is 0.306 e. The summed E-state index contributed by atoms with van der Waals surface area (Å²) >= 11 is 5.87. The quantitative estimate of drug-likeness (QED) is 0.582. The second-order valence-electron chi connectivity index (χ2n) is 5.09. The second-order valence-corrected chi connectivity index (χ2v) is 5.53. The summed E-state index contributed by atoms with van der Waals surface area (Å²) in [7, 11) is 2.23. The van der Waals surface area contributed by atoms with Gasteiger partial charge in [0.1, 0.15) is 0 Å². The smallest absolute Gasteiger partial charge is 0.0406 e. The lowest BCUT2D eigenvalue weighted by molar-refractivity contribution is 0.318. The lowest BCUT2D eigenvalue weighted by Crippen LogP contribution is -2.20. The highest BCUT2D eigenvalue weighted by atomic mass is 35.5. The molecule has 0 spiro atoms. The maximum Gasteiger partial charge on any atom is 0.0406 e. The van der Waals surface area contributed by atoms with E-state index in [-0.39, 0.29) is 0 Å². The molecule has 0 N–H and O–H groups in total. The maximum absolute atomic E-state index is 5.87. The molecule has 0 unspecified atom stereocenters. The van der Waals surface area contributed by atoms with Gasteiger partial charge >= 0.3 is 0 Å². The Morgan fingerprint density at radius 3 is 2.17 bits per heavy atom. The Hall–Kier alpha value is -0.530. The fourth-order valence-corrected chi connectivity index (χ4v) is 2.23. The van der Waals surface area contributed by atoms with Gasteiger partial charge in [0.05, 0.1) is 0 Å². The Balaban J connectivity index is 2.05. The summed E-state index contributed by atoms with van der Waals surface area (Å²) in [6, 6.07) is 8.22. The third-order valence-corrected chi connectivity index (χ3v) is 3.56. The molecule has 0 saturated heterocycles. The molecule has 1 nitrogen and oxygen atoms in total. The number of hydrogen-bond donors (Lipinski definition) is 0. The number of hydrogen-bond acceptors (Lipinski definition) is 1. The molecule has 2 heteroatoms. The van der Waals surface area contributed by atoms with Gasteiger partial charge in [0.25, 0.3) is 0 Å². The van der Waals surface area contributed by atoms with Crippen molar-refractivity contribution in [1.82, 2.24) is 4.90 Å². The average molecular weight is 268 g/mol. The Labute approximate surface area is 117 Å². The number of benzene rings is 1. The molecule has 18 heavy (non-hydrogen) atoms. The predicted molar refractivity (Wildman–Crippen MR) is 81.4 cm³/mol. The zero-order valence-electron chi connectivity index (χ0n) is 11.8. The van der Waals surface area contributed by atoms with Gasteiger partial charge in [-0.25, -0.2) is 0 Å². The Bertz CT molecular complexity index is 307. The van der Waals surface area contributed by atoms with Crippen LogP contribution in [-0.4, -0.2) is 25.0 Å². The van der Waals surface area contributed by atoms with Gasteiger partial charge in [-0.05, 0) is 63.5 Å². The molecule has 0 bridgehead atoms. The van der Waals surface area contributed by atoms with Gasteiger partial charge in [-0.1, -0.05) is 43.5 Å². The molecule has 1 rings (SSSR count). The molecule has 0 aliphatic heterocycles. The molecule has 0 fully saturated rings. The molecule has 1 aromatic rings. The highest BCUT2D eigenvalue weighted by Gasteiger charge is 1.98. The highest BCUT2D eigenvalue weighted by Crippen LogP contribution is 2.11. The summed E-state index contributed by atoms with van der Waals surface area (Å²) in [4.78, 5) is 2.46. The van der Waals surface area contributed by atoms with Crippen LogP contribution in [0, 0.1) is 0 Å². The van der Waals surface area contributed by atoms with Crippen molar-refractivity contribution in [2.45, 2.75) is 45.4 Å². The average Bonchev–Trinajstić information content (AvgIpc) is 2.37. The number of halogens is 1. The molecule has 0 aliphatic carbocycles. The standard InChI is InChI=1S/C16H26ClN/c1-3-4-6-13-18(2)14-7-5-8-15-9-11-16(17)12-10-15/h9-12H,3-8,13-14H2,1-2H3. The van der Waals surface area contributed by atoms with Crippen molar-refractivity contribution in [3.05, 3.63) is 34.9 Å². The Kier molecular flexibility index (Phi) is 8.11. The van der Waals surface area contributed by atoms with Crippen LogP contribution in [0.25, 0.3) is 0 Å². The number of nitrogens with zero attached hydrogens (tertiary/aromatic N) is 1. The van der Waals surface area contributed by atoms with Gasteiger partial charge in [0, 0.05) is 5.02 Å². The van der Waals surface area contributed by atoms with Crippen molar-refractivity contribution in [2.75, 3.05) is 20.1 Å². The molecule has 0 saturated carbocycles. The summed E-state index contributed by atoms with van der Waals surface area (Å²) in [6.45, 7) is 4.72. The molecule has 0 radical (unpaired) electrons. The fraction of sp³-hybridized carbons (Fsp3) is 0.625. The summed E-state index contributed by atoms with van der Waals surface area (Å²) in [5.41, 5.74) is 1.40. The van der Waals surface area contributed by atoms with E-state index < -0.39 is 0 Å². The zero-order chi connectivity index (χ0) is 13.2. The maximum atomic E-state index is 5.87. The lowest BCUT2D eigenvalue weighted by Gasteiger charge is -2.16. The highest BCUT2D eigenvalue weighted by molar-refractivity contribution is 6.30. The van der Waals surface area contributed by atoms with Crippen LogP contribution in [0.15, 0.2) is 24.3 Å². The molecular weight excluding hydrogens is 242 g/mol. The van der Waals surface area contributed by atoms with Crippen LogP contribution in [0.1, 0.15) is 44.6 Å². The molecule has 0 atom stereocenters. The van der Waals surface area contributed by atoms with Crippen molar-refractivity contribution in [1.29, 1.82) is 0 Å². The molecule has 0 aliphatic rings. The first kappa shape index (κ1) is 15.5. The lowest BCUT2D eigenvalue weighted by atomic mass is 10.1. The van der Waals surface area contributed by atoms with E-state index in [1.54, 1.807) is 0 Å². The molecule has 102 valence electrons. The van der Waals surface area contributed by atoms with Gasteiger partial charge in [-0.3, -0.25) is 0 Å². The molecular formula is C16H26ClN. The van der Waals surface area contributed by atoms with E-state index in [2.05, 4.69) is 31.0 Å². The molecule has 1 aromatic carbocycles. The van der Waals surface area contributed by atoms with E-state index in [9.17, 15) is 0 Å². The summed E-state index contributed by atoms with van der Waals surface area (Å²) in [6.07, 6.45) is 7.72. The first-order valence-electron chi connectivity index (χ1n) is 7.15. The minimum atomic E-state index is 0.828. The first-order chi connectivity index (χ1) is 8.72. The van der Waals surface area contributed by atoms with Gasteiger partial charge in [-0.2, -0.15) is 0 Å². The van der Waals surface area contributed by atoms with Gasteiger partial charge in [-0.15, -0.1) is 0 Å². The fourth-order valence-electron chi connectivity index (χ4n) is 2.11. The van der Waals surface area contributed by atoms with Crippen LogP contribution in [0.4, 0.5) is 0 Å². The van der Waals surface area contributed by atoms with Crippen molar-refractivity contribution < 1.29 is 0 Å². The van der Waals surface area contributed by atoms with E-state index in [1.807, 2.05) is 12.1 Å². The molecule has 0 heterocycles. The number of rotatable bonds is 9. The monoisotopic (exact) mass is 267 g/mol. The topological polar surface area (TPSA) is 3.24 Å². The number of unbranched alkanes of at least 4 members (excludes halogenated alkanes) is 3. The second kappa shape index (κ2) is 9.41. The molecule has 0 amide bonds. The third kappa shape index (κ3) is 7.03. The molecule has 0 aromatic heterocycles. The summed E-state index contributed by atoms with van der Waals surface area (Å²) in [5, 5.41) is 0.828. The van der Waals surface area contributed by atoms with Crippen molar-refractivity contribution >= 4 is 11.6 Å². The van der Waals surface area contributed by atoms with Crippen LogP contribution < -0.4 is 0 Å². The van der Waals surface area contributed by atoms with E-state index >= 15 is 0 Å². The minimum Gasteiger partial charge on any atom is -0.306 e. The van der Waals surface area contributed by atoms with Gasteiger partial charge < -0.3 is 4.90 Å². The normalized spacial score (nSPS) is 11.1. The van der Waals surface area contributed by atoms with Gasteiger partial charge in [0.2, 0.25) is 0 Å². The van der Waals surface area contributed by atoms with Crippen LogP contribution in [0.2, 0.25) is 5.02 Å². The number of aryl methyl sites for hydroxylation is 1. The zero-order valence-corrected chi connectivity index (χ0v) is 12.5. The predicted octanol–water partition coefficient (Wildman–Crippen LogP) is 4.78. The van der Waals surface area contributed by atoms with Crippen LogP contribution >= 0.6 is 11.6 Å². The van der Waals surface area contributed by atoms with Gasteiger partial charge in [0.15, 0.2) is 0 Å². The van der Waals surface area contributed by atoms with Crippen molar-refractivity contribution in [3.63, 3.8) is 0 Å². The van der Waals surface area contributed by atoms with E-state index in [1.165, 1.54) is 57.2 Å². The summed E-state index contributed by atoms with van der Waals surface area (Å²) in [5.74, 6) is 0. The van der Waals surface area contributed by atoms with Crippen molar-refractivity contribution in [3.8, 4) is 0 Å². The van der Waals surface area contributed by atoms with Crippen molar-refractivity contribution in [2.24, 2.45) is 0 Å². The first-order valence-corrected chi connectivity index (χ1v) is 7.53.